The van der Waals surface area contributed by atoms with Gasteiger partial charge in [-0.2, -0.15) is 0 Å². The van der Waals surface area contributed by atoms with Crippen molar-refractivity contribution in [1.29, 1.82) is 0 Å². The Kier molecular flexibility index (Phi) is 5.98. The Bertz CT molecular complexity index is 1190. The summed E-state index contributed by atoms with van der Waals surface area (Å²) in [4.78, 5) is 7.75. The normalized spacial score (nSPS) is 12.9. The van der Waals surface area contributed by atoms with E-state index in [4.69, 9.17) is 14.5 Å². The smallest absolute Gasteiger partial charge is 0.161 e. The summed E-state index contributed by atoms with van der Waals surface area (Å²) in [6, 6.07) is 18.9. The molecule has 0 unspecified atom stereocenters. The number of methoxy groups -OCH3 is 2. The van der Waals surface area contributed by atoms with Gasteiger partial charge in [-0.15, -0.1) is 11.3 Å². The number of ether oxygens (including phenoxy) is 2. The molecule has 3 nitrogen and oxygen atoms in total. The van der Waals surface area contributed by atoms with Crippen LogP contribution in [0.25, 0.3) is 32.6 Å². The van der Waals surface area contributed by atoms with Crippen molar-refractivity contribution in [2.24, 2.45) is 0 Å². The fourth-order valence-corrected chi connectivity index (χ4v) is 5.53. The number of nitrogens with zero attached hydrogens (tertiary/aromatic N) is 1. The molecule has 0 aliphatic heterocycles. The number of benzene rings is 2. The number of thiophene rings is 1. The zero-order valence-electron chi connectivity index (χ0n) is 17.1. The summed E-state index contributed by atoms with van der Waals surface area (Å²) in [5.74, 6) is 1.45. The summed E-state index contributed by atoms with van der Waals surface area (Å²) in [6.07, 6.45) is 4.89. The third kappa shape index (κ3) is 3.55. The molecule has 1 aliphatic rings. The van der Waals surface area contributed by atoms with E-state index in [1.807, 2.05) is 23.5 Å². The van der Waals surface area contributed by atoms with Crippen molar-refractivity contribution in [2.45, 2.75) is 25.7 Å². The molecule has 0 radical (unpaired) electrons. The molecule has 2 heterocycles. The first-order valence-corrected chi connectivity index (χ1v) is 10.8. The average molecular weight is 437 g/mol. The first kappa shape index (κ1) is 20.7. The molecule has 2 aromatic heterocycles. The summed E-state index contributed by atoms with van der Waals surface area (Å²) in [6.45, 7) is 0. The zero-order chi connectivity index (χ0) is 19.8. The van der Waals surface area contributed by atoms with E-state index in [9.17, 15) is 0 Å². The molecule has 0 bridgehead atoms. The van der Waals surface area contributed by atoms with Crippen molar-refractivity contribution in [2.75, 3.05) is 14.2 Å². The predicted molar refractivity (Wildman–Crippen MR) is 120 cm³/mol. The van der Waals surface area contributed by atoms with E-state index < -0.39 is 0 Å². The van der Waals surface area contributed by atoms with Crippen LogP contribution in [0.5, 0.6) is 11.5 Å². The van der Waals surface area contributed by atoms with Gasteiger partial charge in [0.2, 0.25) is 0 Å². The van der Waals surface area contributed by atoms with Gasteiger partial charge in [0.05, 0.1) is 19.9 Å². The minimum absolute atomic E-state index is 0. The van der Waals surface area contributed by atoms with Crippen molar-refractivity contribution < 1.29 is 21.9 Å². The minimum Gasteiger partial charge on any atom is -1.00 e. The molecule has 5 rings (SSSR count). The van der Waals surface area contributed by atoms with Gasteiger partial charge >= 0.3 is 0 Å². The number of hydrogen-bond donors (Lipinski definition) is 0. The molecule has 0 saturated heterocycles. The number of aryl methyl sites for hydroxylation is 2. The summed E-state index contributed by atoms with van der Waals surface area (Å²) in [5.41, 5.74) is 6.04. The van der Waals surface area contributed by atoms with Crippen molar-refractivity contribution in [1.82, 2.24) is 4.98 Å². The topological polar surface area (TPSA) is 31.4 Å². The van der Waals surface area contributed by atoms with Gasteiger partial charge in [0, 0.05) is 15.8 Å². The number of pyridine rings is 1. The Balaban J connectivity index is 0.00000218. The second-order valence-corrected chi connectivity index (χ2v) is 8.47. The lowest BCUT2D eigenvalue weighted by atomic mass is 9.92. The van der Waals surface area contributed by atoms with E-state index in [0.29, 0.717) is 0 Å². The van der Waals surface area contributed by atoms with Gasteiger partial charge in [0.25, 0.3) is 0 Å². The van der Waals surface area contributed by atoms with Gasteiger partial charge in [0.15, 0.2) is 11.5 Å². The van der Waals surface area contributed by atoms with Crippen LogP contribution in [0.3, 0.4) is 0 Å². The lowest BCUT2D eigenvalue weighted by Crippen LogP contribution is -3.00. The highest BCUT2D eigenvalue weighted by molar-refractivity contribution is 7.19. The molecule has 154 valence electrons. The van der Waals surface area contributed by atoms with Crippen LogP contribution < -0.4 is 21.9 Å². The summed E-state index contributed by atoms with van der Waals surface area (Å²) in [5, 5.41) is 1.35. The maximum absolute atomic E-state index is 5.52. The maximum Gasteiger partial charge on any atom is 0.161 e. The molecule has 30 heavy (non-hydrogen) atoms. The second kappa shape index (κ2) is 8.66. The van der Waals surface area contributed by atoms with Crippen molar-refractivity contribution in [3.8, 4) is 33.9 Å². The molecule has 0 fully saturated rings. The molecule has 0 spiro atoms. The molecular formula is C25H23ClNO2S-. The molecular weight excluding hydrogens is 414 g/mol. The van der Waals surface area contributed by atoms with Crippen molar-refractivity contribution in [3.63, 3.8) is 0 Å². The molecule has 0 amide bonds. The summed E-state index contributed by atoms with van der Waals surface area (Å²) >= 11 is 1.87. The molecule has 2 aromatic carbocycles. The Morgan fingerprint density at radius 3 is 2.37 bits per heavy atom. The SMILES string of the molecule is COc1ccc(-c2cc(-c3ccccc3)c3c4c(sc3n2)CCCC4)cc1OC.[Cl-]. The largest absolute Gasteiger partial charge is 1.00 e. The zero-order valence-corrected chi connectivity index (χ0v) is 18.6. The van der Waals surface area contributed by atoms with Crippen LogP contribution in [-0.4, -0.2) is 19.2 Å². The Morgan fingerprint density at radius 1 is 0.833 bits per heavy atom. The lowest BCUT2D eigenvalue weighted by molar-refractivity contribution is -0.00000617. The van der Waals surface area contributed by atoms with Crippen molar-refractivity contribution >= 4 is 21.6 Å². The van der Waals surface area contributed by atoms with E-state index in [1.165, 1.54) is 46.2 Å². The van der Waals surface area contributed by atoms with Crippen LogP contribution in [0.1, 0.15) is 23.3 Å². The highest BCUT2D eigenvalue weighted by atomic mass is 35.5. The summed E-state index contributed by atoms with van der Waals surface area (Å²) in [7, 11) is 3.33. The first-order chi connectivity index (χ1) is 14.3. The molecule has 0 N–H and O–H groups in total. The van der Waals surface area contributed by atoms with Gasteiger partial charge in [-0.05, 0) is 66.6 Å². The standard InChI is InChI=1S/C25H23NO2S.ClH/c1-27-21-13-12-17(14-22(21)28-2)20-15-19(16-8-4-3-5-9-16)24-18-10-6-7-11-23(18)29-25(24)26-20;/h3-5,8-9,12-15H,6-7,10-11H2,1-2H3;1H/p-1. The predicted octanol–water partition coefficient (Wildman–Crippen LogP) is 3.53. The fourth-order valence-electron chi connectivity index (χ4n) is 4.25. The molecule has 4 aromatic rings. The van der Waals surface area contributed by atoms with Crippen LogP contribution in [-0.2, 0) is 12.8 Å². The highest BCUT2D eigenvalue weighted by Gasteiger charge is 2.21. The second-order valence-electron chi connectivity index (χ2n) is 7.38. The van der Waals surface area contributed by atoms with E-state index in [2.05, 4.69) is 42.5 Å². The number of halogens is 1. The Labute approximate surface area is 187 Å². The quantitative estimate of drug-likeness (QED) is 0.490. The van der Waals surface area contributed by atoms with Gasteiger partial charge in [-0.25, -0.2) is 4.98 Å². The fraction of sp³-hybridized carbons (Fsp3) is 0.240. The number of rotatable bonds is 4. The van der Waals surface area contributed by atoms with Gasteiger partial charge in [-0.1, -0.05) is 30.3 Å². The van der Waals surface area contributed by atoms with E-state index in [-0.39, 0.29) is 12.4 Å². The average Bonchev–Trinajstić information content (AvgIpc) is 3.17. The highest BCUT2D eigenvalue weighted by Crippen LogP contribution is 2.43. The van der Waals surface area contributed by atoms with Gasteiger partial charge in [0.1, 0.15) is 4.83 Å². The van der Waals surface area contributed by atoms with Crippen LogP contribution in [0, 0.1) is 0 Å². The van der Waals surface area contributed by atoms with E-state index in [1.54, 1.807) is 14.2 Å². The van der Waals surface area contributed by atoms with Crippen LogP contribution in [0.15, 0.2) is 54.6 Å². The first-order valence-electron chi connectivity index (χ1n) is 10.0. The summed E-state index contributed by atoms with van der Waals surface area (Å²) < 4.78 is 10.9. The van der Waals surface area contributed by atoms with Gasteiger partial charge in [-0.3, -0.25) is 0 Å². The Hall–Kier alpha value is -2.56. The van der Waals surface area contributed by atoms with E-state index >= 15 is 0 Å². The third-order valence-corrected chi connectivity index (χ3v) is 6.87. The molecule has 0 atom stereocenters. The van der Waals surface area contributed by atoms with Crippen LogP contribution in [0.4, 0.5) is 0 Å². The third-order valence-electron chi connectivity index (χ3n) is 5.69. The number of aromatic nitrogens is 1. The molecule has 5 heteroatoms. The number of hydrogen-bond acceptors (Lipinski definition) is 4. The van der Waals surface area contributed by atoms with Crippen LogP contribution >= 0.6 is 11.3 Å². The van der Waals surface area contributed by atoms with E-state index in [0.717, 1.165) is 34.0 Å². The maximum atomic E-state index is 5.52. The van der Waals surface area contributed by atoms with Crippen LogP contribution in [0.2, 0.25) is 0 Å². The lowest BCUT2D eigenvalue weighted by Gasteiger charge is -2.14. The Morgan fingerprint density at radius 2 is 1.60 bits per heavy atom. The minimum atomic E-state index is 0. The number of fused-ring (bicyclic) bond motifs is 3. The van der Waals surface area contributed by atoms with Gasteiger partial charge < -0.3 is 21.9 Å². The molecule has 1 aliphatic carbocycles. The monoisotopic (exact) mass is 436 g/mol. The molecule has 0 saturated carbocycles. The van der Waals surface area contributed by atoms with Crippen molar-refractivity contribution in [3.05, 3.63) is 65.0 Å².